The molecule has 1 heteroatoms. The highest BCUT2D eigenvalue weighted by Gasteiger charge is 2.18. The third-order valence-corrected chi connectivity index (χ3v) is 4.21. The molecule has 0 heterocycles. The fourth-order valence-corrected chi connectivity index (χ4v) is 2.69. The highest BCUT2D eigenvalue weighted by molar-refractivity contribution is 5.41. The maximum absolute atomic E-state index is 4.16. The van der Waals surface area contributed by atoms with Crippen LogP contribution in [0.4, 0.5) is 0 Å². The largest absolute Gasteiger partial charge is 0.310 e. The first-order chi connectivity index (χ1) is 9.66. The zero-order chi connectivity index (χ0) is 16.2. The van der Waals surface area contributed by atoms with Crippen molar-refractivity contribution in [2.24, 2.45) is 0 Å². The number of nitrogens with one attached hydrogen (secondary N) is 1. The van der Waals surface area contributed by atoms with Gasteiger partial charge in [0.05, 0.1) is 0 Å². The molecule has 1 unspecified atom stereocenters. The highest BCUT2D eigenvalue weighted by Crippen LogP contribution is 2.28. The summed E-state index contributed by atoms with van der Waals surface area (Å²) in [4.78, 5) is 0. The van der Waals surface area contributed by atoms with Crippen molar-refractivity contribution in [2.45, 2.75) is 72.8 Å². The van der Waals surface area contributed by atoms with Gasteiger partial charge in [-0.3, -0.25) is 0 Å². The molecule has 0 amide bonds. The fraction of sp³-hybridized carbons (Fsp3) is 0.600. The van der Waals surface area contributed by atoms with E-state index in [1.165, 1.54) is 27.8 Å². The monoisotopic (exact) mass is 287 g/mol. The molecular weight excluding hydrogens is 254 g/mol. The first-order valence-corrected chi connectivity index (χ1v) is 8.16. The summed E-state index contributed by atoms with van der Waals surface area (Å²) < 4.78 is 0. The summed E-state index contributed by atoms with van der Waals surface area (Å²) in [5, 5.41) is 3.62. The predicted octanol–water partition coefficient (Wildman–Crippen LogP) is 5.09. The zero-order valence-corrected chi connectivity index (χ0v) is 15.1. The van der Waals surface area contributed by atoms with Gasteiger partial charge in [-0.1, -0.05) is 52.0 Å². The van der Waals surface area contributed by atoms with Crippen LogP contribution in [0.15, 0.2) is 24.3 Å². The van der Waals surface area contributed by atoms with Gasteiger partial charge in [0.2, 0.25) is 0 Å². The van der Waals surface area contributed by atoms with E-state index in [0.29, 0.717) is 6.04 Å². The Hall–Kier alpha value is -1.08. The maximum Gasteiger partial charge on any atom is 0.0314 e. The summed E-state index contributed by atoms with van der Waals surface area (Å²) in [5.41, 5.74) is 7.15. The summed E-state index contributed by atoms with van der Waals surface area (Å²) in [6, 6.07) is 5.10. The van der Waals surface area contributed by atoms with Crippen molar-refractivity contribution in [2.75, 3.05) is 6.54 Å². The van der Waals surface area contributed by atoms with Crippen molar-refractivity contribution < 1.29 is 0 Å². The maximum atomic E-state index is 4.16. The molecule has 0 saturated heterocycles. The number of hydrogen-bond acceptors (Lipinski definition) is 1. The van der Waals surface area contributed by atoms with Crippen molar-refractivity contribution in [1.82, 2.24) is 5.32 Å². The van der Waals surface area contributed by atoms with Gasteiger partial charge in [0.1, 0.15) is 0 Å². The van der Waals surface area contributed by atoms with E-state index in [1.807, 2.05) is 0 Å². The predicted molar refractivity (Wildman–Crippen MR) is 95.2 cm³/mol. The first kappa shape index (κ1) is 18.0. The molecule has 0 aromatic heterocycles. The molecular formula is C20H33N. The van der Waals surface area contributed by atoms with E-state index in [4.69, 9.17) is 0 Å². The van der Waals surface area contributed by atoms with Crippen LogP contribution in [0.3, 0.4) is 0 Å². The molecule has 0 aliphatic heterocycles. The van der Waals surface area contributed by atoms with Crippen molar-refractivity contribution >= 4 is 0 Å². The van der Waals surface area contributed by atoms with E-state index in [1.54, 1.807) is 0 Å². The fourth-order valence-electron chi connectivity index (χ4n) is 2.69. The molecule has 0 fully saturated rings. The lowest BCUT2D eigenvalue weighted by molar-refractivity contribution is 0.560. The van der Waals surface area contributed by atoms with Gasteiger partial charge in [-0.2, -0.15) is 0 Å². The van der Waals surface area contributed by atoms with Crippen LogP contribution < -0.4 is 5.32 Å². The number of rotatable bonds is 6. The Morgan fingerprint density at radius 3 is 2.10 bits per heavy atom. The van der Waals surface area contributed by atoms with E-state index in [-0.39, 0.29) is 5.41 Å². The quantitative estimate of drug-likeness (QED) is 0.719. The van der Waals surface area contributed by atoms with Crippen LogP contribution in [0, 0.1) is 13.8 Å². The Morgan fingerprint density at radius 1 is 1.19 bits per heavy atom. The van der Waals surface area contributed by atoms with Crippen molar-refractivity contribution in [1.29, 1.82) is 0 Å². The molecule has 1 rings (SSSR count). The van der Waals surface area contributed by atoms with Gasteiger partial charge in [0.15, 0.2) is 0 Å². The number of hydrogen-bond donors (Lipinski definition) is 1. The smallest absolute Gasteiger partial charge is 0.0314 e. The van der Waals surface area contributed by atoms with Crippen LogP contribution in [0.5, 0.6) is 0 Å². The molecule has 0 spiro atoms. The lowest BCUT2D eigenvalue weighted by atomic mass is 9.82. The summed E-state index contributed by atoms with van der Waals surface area (Å²) in [5.74, 6) is 0. The van der Waals surface area contributed by atoms with Gasteiger partial charge in [0, 0.05) is 6.04 Å². The van der Waals surface area contributed by atoms with Crippen LogP contribution >= 0.6 is 0 Å². The molecule has 21 heavy (non-hydrogen) atoms. The molecule has 1 aromatic rings. The van der Waals surface area contributed by atoms with Gasteiger partial charge in [-0.05, 0) is 67.8 Å². The minimum Gasteiger partial charge on any atom is -0.310 e. The zero-order valence-electron chi connectivity index (χ0n) is 15.1. The molecule has 0 aliphatic carbocycles. The number of benzene rings is 1. The second-order valence-corrected chi connectivity index (χ2v) is 7.40. The third kappa shape index (κ3) is 5.00. The summed E-state index contributed by atoms with van der Waals surface area (Å²) in [6.45, 7) is 20.9. The molecule has 1 N–H and O–H groups in total. The number of aryl methyl sites for hydroxylation is 2. The standard InChI is InChI=1S/C20H33N/c1-9-10-21-19(14(2)3)13-18-15(4)11-17(12-16(18)5)20(6,7)8/h11-12,19,21H,2,9-10,13H2,1,3-8H3. The minimum absolute atomic E-state index is 0.211. The van der Waals surface area contributed by atoms with Gasteiger partial charge >= 0.3 is 0 Å². The summed E-state index contributed by atoms with van der Waals surface area (Å²) >= 11 is 0. The lowest BCUT2D eigenvalue weighted by Gasteiger charge is -2.25. The lowest BCUT2D eigenvalue weighted by Crippen LogP contribution is -2.33. The van der Waals surface area contributed by atoms with E-state index in [9.17, 15) is 0 Å². The van der Waals surface area contributed by atoms with Gasteiger partial charge in [-0.15, -0.1) is 0 Å². The van der Waals surface area contributed by atoms with E-state index < -0.39 is 0 Å². The topological polar surface area (TPSA) is 12.0 Å². The molecule has 0 bridgehead atoms. The average molecular weight is 287 g/mol. The Morgan fingerprint density at radius 2 is 1.71 bits per heavy atom. The van der Waals surface area contributed by atoms with Crippen molar-refractivity contribution in [3.63, 3.8) is 0 Å². The Balaban J connectivity index is 3.05. The van der Waals surface area contributed by atoms with Crippen molar-refractivity contribution in [3.8, 4) is 0 Å². The second-order valence-electron chi connectivity index (χ2n) is 7.40. The molecule has 1 atom stereocenters. The van der Waals surface area contributed by atoms with Gasteiger partial charge < -0.3 is 5.32 Å². The molecule has 1 aromatic carbocycles. The van der Waals surface area contributed by atoms with Crippen molar-refractivity contribution in [3.05, 3.63) is 46.5 Å². The minimum atomic E-state index is 0.211. The van der Waals surface area contributed by atoms with Crippen LogP contribution in [0.1, 0.15) is 63.3 Å². The van der Waals surface area contributed by atoms with Gasteiger partial charge in [-0.25, -0.2) is 0 Å². The molecule has 0 saturated carbocycles. The summed E-state index contributed by atoms with van der Waals surface area (Å²) in [7, 11) is 0. The molecule has 1 nitrogen and oxygen atoms in total. The average Bonchev–Trinajstić information content (AvgIpc) is 2.35. The highest BCUT2D eigenvalue weighted by atomic mass is 14.9. The van der Waals surface area contributed by atoms with E-state index in [2.05, 4.69) is 72.5 Å². The molecule has 0 radical (unpaired) electrons. The Kier molecular flexibility index (Phi) is 6.22. The normalized spacial score (nSPS) is 13.3. The van der Waals surface area contributed by atoms with Crippen LogP contribution in [0.25, 0.3) is 0 Å². The second kappa shape index (κ2) is 7.26. The Labute approximate surface area is 131 Å². The first-order valence-electron chi connectivity index (χ1n) is 8.16. The van der Waals surface area contributed by atoms with E-state index >= 15 is 0 Å². The Bertz CT molecular complexity index is 468. The van der Waals surface area contributed by atoms with Crippen LogP contribution in [-0.2, 0) is 11.8 Å². The van der Waals surface area contributed by atoms with E-state index in [0.717, 1.165) is 19.4 Å². The van der Waals surface area contributed by atoms with Crippen LogP contribution in [0.2, 0.25) is 0 Å². The van der Waals surface area contributed by atoms with Crippen LogP contribution in [-0.4, -0.2) is 12.6 Å². The van der Waals surface area contributed by atoms with Gasteiger partial charge in [0.25, 0.3) is 0 Å². The third-order valence-electron chi connectivity index (χ3n) is 4.21. The SMILES string of the molecule is C=C(C)C(Cc1c(C)cc(C(C)(C)C)cc1C)NCCC. The summed E-state index contributed by atoms with van der Waals surface area (Å²) in [6.07, 6.45) is 2.20. The molecule has 0 aliphatic rings. The molecule has 118 valence electrons.